The zero-order valence-electron chi connectivity index (χ0n) is 21.4. The van der Waals surface area contributed by atoms with Crippen LogP contribution in [-0.4, -0.2) is 16.1 Å². The Morgan fingerprint density at radius 2 is 0.618 bits per heavy atom. The maximum Gasteiger partial charge on any atom is 0.0782 e. The molecule has 2 heteroatoms. The summed E-state index contributed by atoms with van der Waals surface area (Å²) in [6.07, 6.45) is 0. The van der Waals surface area contributed by atoms with E-state index >= 15 is 0 Å². The minimum absolute atomic E-state index is 1.27. The summed E-state index contributed by atoms with van der Waals surface area (Å²) in [5, 5.41) is 3.22. The van der Waals surface area contributed by atoms with E-state index in [-0.39, 0.29) is 0 Å². The van der Waals surface area contributed by atoms with E-state index in [2.05, 4.69) is 148 Å². The summed E-state index contributed by atoms with van der Waals surface area (Å²) < 4.78 is 0. The Bertz CT molecular complexity index is 1150. The van der Waals surface area contributed by atoms with Crippen LogP contribution < -0.4 is 0 Å². The fourth-order valence-corrected chi connectivity index (χ4v) is 10.9. The van der Waals surface area contributed by atoms with Gasteiger partial charge in [0, 0.05) is 0 Å². The molecule has 0 aromatic heterocycles. The molecule has 0 aliphatic heterocycles. The normalized spacial score (nSPS) is 12.9. The SMILES string of the molecule is C[Si](C)(C)/C(=C(/c1ccc(-c2ccccc2)cc1)[Si](C)(C)C)c1ccc(-c2ccccc2)cc1. The van der Waals surface area contributed by atoms with Crippen molar-refractivity contribution in [1.29, 1.82) is 0 Å². The Hall–Kier alpha value is -2.95. The molecule has 0 amide bonds. The highest BCUT2D eigenvalue weighted by Crippen LogP contribution is 2.40. The number of benzene rings is 4. The second kappa shape index (κ2) is 9.73. The molecule has 0 nitrogen and oxygen atoms in total. The summed E-state index contributed by atoms with van der Waals surface area (Å²) in [7, 11) is -3.29. The largest absolute Gasteiger partial charge is 0.0782 e. The first kappa shape index (κ1) is 24.2. The Balaban J connectivity index is 1.84. The van der Waals surface area contributed by atoms with Gasteiger partial charge in [0.1, 0.15) is 0 Å². The van der Waals surface area contributed by atoms with E-state index in [1.54, 1.807) is 10.4 Å². The Morgan fingerprint density at radius 3 is 0.882 bits per heavy atom. The number of hydrogen-bond donors (Lipinski definition) is 0. The summed E-state index contributed by atoms with van der Waals surface area (Å²) in [5.74, 6) is 0. The predicted octanol–water partition coefficient (Wildman–Crippen LogP) is 9.69. The van der Waals surface area contributed by atoms with Gasteiger partial charge < -0.3 is 0 Å². The van der Waals surface area contributed by atoms with Gasteiger partial charge in [-0.1, -0.05) is 159 Å². The van der Waals surface area contributed by atoms with Gasteiger partial charge in [0.25, 0.3) is 0 Å². The first-order valence-electron chi connectivity index (χ1n) is 12.2. The lowest BCUT2D eigenvalue weighted by molar-refractivity contribution is 1.55. The molecule has 0 unspecified atom stereocenters. The molecule has 0 heterocycles. The van der Waals surface area contributed by atoms with Crippen LogP contribution in [0.25, 0.3) is 32.6 Å². The first-order valence-corrected chi connectivity index (χ1v) is 19.2. The van der Waals surface area contributed by atoms with Gasteiger partial charge in [-0.05, 0) is 33.4 Å². The van der Waals surface area contributed by atoms with Crippen molar-refractivity contribution in [3.05, 3.63) is 120 Å². The minimum atomic E-state index is -1.64. The highest BCUT2D eigenvalue weighted by atomic mass is 28.3. The lowest BCUT2D eigenvalue weighted by atomic mass is 10.0. The first-order chi connectivity index (χ1) is 16.1. The summed E-state index contributed by atoms with van der Waals surface area (Å²) in [6.45, 7) is 15.0. The monoisotopic (exact) mass is 476 g/mol. The van der Waals surface area contributed by atoms with Crippen LogP contribution >= 0.6 is 0 Å². The van der Waals surface area contributed by atoms with E-state index in [0.29, 0.717) is 0 Å². The highest BCUT2D eigenvalue weighted by Gasteiger charge is 2.32. The summed E-state index contributed by atoms with van der Waals surface area (Å²) in [6, 6.07) is 39.9. The summed E-state index contributed by atoms with van der Waals surface area (Å²) in [5.41, 5.74) is 7.89. The predicted molar refractivity (Wildman–Crippen MR) is 157 cm³/mol. The van der Waals surface area contributed by atoms with Gasteiger partial charge in [-0.25, -0.2) is 0 Å². The van der Waals surface area contributed by atoms with Crippen molar-refractivity contribution < 1.29 is 0 Å². The molecule has 0 spiro atoms. The molecule has 0 saturated carbocycles. The molecule has 34 heavy (non-hydrogen) atoms. The van der Waals surface area contributed by atoms with Crippen LogP contribution in [-0.2, 0) is 0 Å². The van der Waals surface area contributed by atoms with E-state index in [4.69, 9.17) is 0 Å². The van der Waals surface area contributed by atoms with E-state index < -0.39 is 16.1 Å². The zero-order valence-corrected chi connectivity index (χ0v) is 23.4. The van der Waals surface area contributed by atoms with Crippen LogP contribution in [0, 0.1) is 0 Å². The third-order valence-corrected chi connectivity index (χ3v) is 10.6. The molecule has 0 fully saturated rings. The molecule has 172 valence electrons. The third-order valence-electron chi connectivity index (χ3n) is 6.31. The average molecular weight is 477 g/mol. The molecule has 0 atom stereocenters. The van der Waals surface area contributed by atoms with Crippen LogP contribution in [0.4, 0.5) is 0 Å². The lowest BCUT2D eigenvalue weighted by Gasteiger charge is -2.32. The van der Waals surface area contributed by atoms with Crippen LogP contribution in [0.5, 0.6) is 0 Å². The number of hydrogen-bond acceptors (Lipinski definition) is 0. The van der Waals surface area contributed by atoms with Crippen LogP contribution in [0.1, 0.15) is 11.1 Å². The van der Waals surface area contributed by atoms with Crippen molar-refractivity contribution in [3.63, 3.8) is 0 Å². The number of rotatable bonds is 6. The molecule has 0 saturated heterocycles. The molecule has 4 rings (SSSR count). The lowest BCUT2D eigenvalue weighted by Crippen LogP contribution is -2.32. The van der Waals surface area contributed by atoms with Gasteiger partial charge in [-0.15, -0.1) is 0 Å². The molecular formula is C32H36Si2. The van der Waals surface area contributed by atoms with Gasteiger partial charge in [0.2, 0.25) is 0 Å². The molecule has 0 radical (unpaired) electrons. The van der Waals surface area contributed by atoms with Gasteiger partial charge in [0.05, 0.1) is 16.1 Å². The minimum Gasteiger partial charge on any atom is -0.0656 e. The van der Waals surface area contributed by atoms with Crippen molar-refractivity contribution in [3.8, 4) is 22.3 Å². The maximum atomic E-state index is 2.49. The zero-order chi connectivity index (χ0) is 24.3. The molecule has 4 aromatic carbocycles. The van der Waals surface area contributed by atoms with Crippen LogP contribution in [0.2, 0.25) is 39.3 Å². The van der Waals surface area contributed by atoms with Crippen LogP contribution in [0.15, 0.2) is 109 Å². The fourth-order valence-electron chi connectivity index (χ4n) is 4.82. The Morgan fingerprint density at radius 1 is 0.353 bits per heavy atom. The summed E-state index contributed by atoms with van der Waals surface area (Å²) >= 11 is 0. The van der Waals surface area contributed by atoms with Gasteiger partial charge in [-0.2, -0.15) is 0 Å². The smallest absolute Gasteiger partial charge is 0.0656 e. The van der Waals surface area contributed by atoms with Crippen molar-refractivity contribution in [2.24, 2.45) is 0 Å². The quantitative estimate of drug-likeness (QED) is 0.192. The van der Waals surface area contributed by atoms with E-state index in [0.717, 1.165) is 0 Å². The van der Waals surface area contributed by atoms with Crippen LogP contribution in [0.3, 0.4) is 0 Å². The van der Waals surface area contributed by atoms with E-state index in [9.17, 15) is 0 Å². The molecule has 0 aliphatic rings. The Labute approximate surface area is 208 Å². The second-order valence-electron chi connectivity index (χ2n) is 11.1. The topological polar surface area (TPSA) is 0 Å². The third kappa shape index (κ3) is 5.40. The standard InChI is InChI=1S/C32H36Si2/c1-33(2,3)31(29-21-17-27(18-22-29)25-13-9-7-10-14-25)32(34(4,5)6)30-23-19-28(20-24-30)26-15-11-8-12-16-26/h7-24H,1-6H3/b32-31-. The van der Waals surface area contributed by atoms with Gasteiger partial charge >= 0.3 is 0 Å². The molecule has 0 aliphatic carbocycles. The molecule has 4 aromatic rings. The molecule has 0 N–H and O–H groups in total. The van der Waals surface area contributed by atoms with E-state index in [1.807, 2.05) is 0 Å². The second-order valence-corrected chi connectivity index (χ2v) is 21.1. The van der Waals surface area contributed by atoms with E-state index in [1.165, 1.54) is 33.4 Å². The van der Waals surface area contributed by atoms with Crippen molar-refractivity contribution in [2.45, 2.75) is 39.3 Å². The maximum absolute atomic E-state index is 2.49. The molecular weight excluding hydrogens is 441 g/mol. The average Bonchev–Trinajstić information content (AvgIpc) is 2.82. The summed E-state index contributed by atoms with van der Waals surface area (Å²) in [4.78, 5) is 0. The highest BCUT2D eigenvalue weighted by molar-refractivity contribution is 7.04. The van der Waals surface area contributed by atoms with Crippen molar-refractivity contribution >= 4 is 26.5 Å². The Kier molecular flexibility index (Phi) is 6.92. The fraction of sp³-hybridized carbons (Fsp3) is 0.188. The van der Waals surface area contributed by atoms with Crippen molar-refractivity contribution in [1.82, 2.24) is 0 Å². The molecule has 0 bridgehead atoms. The van der Waals surface area contributed by atoms with Gasteiger partial charge in [-0.3, -0.25) is 0 Å². The van der Waals surface area contributed by atoms with Crippen molar-refractivity contribution in [2.75, 3.05) is 0 Å². The van der Waals surface area contributed by atoms with Gasteiger partial charge in [0.15, 0.2) is 0 Å².